The van der Waals surface area contributed by atoms with Crippen molar-refractivity contribution in [1.29, 1.82) is 0 Å². The number of hydrogen-bond donors (Lipinski definition) is 2. The van der Waals surface area contributed by atoms with Gasteiger partial charge in [-0.15, -0.1) is 0 Å². The molecule has 2 N–H and O–H groups in total. The first-order chi connectivity index (χ1) is 8.13. The first-order valence-electron chi connectivity index (χ1n) is 5.40. The highest BCUT2D eigenvalue weighted by Gasteiger charge is 2.36. The van der Waals surface area contributed by atoms with Gasteiger partial charge in [-0.2, -0.15) is 0 Å². The molecule has 0 aromatic rings. The summed E-state index contributed by atoms with van der Waals surface area (Å²) in [7, 11) is 1.57. The van der Waals surface area contributed by atoms with Gasteiger partial charge in [0.15, 0.2) is 0 Å². The Kier molecular flexibility index (Phi) is 2.99. The summed E-state index contributed by atoms with van der Waals surface area (Å²) in [5, 5.41) is 11.4. The number of likely N-dealkylation sites (N-methyl/N-ethyl adjacent to an activating group) is 1. The number of hydrogen-bond acceptors (Lipinski definition) is 3. The summed E-state index contributed by atoms with van der Waals surface area (Å²) in [6.45, 7) is -0.0974. The fourth-order valence-electron chi connectivity index (χ4n) is 2.21. The Hall–Kier alpha value is -2.04. The molecule has 5 heteroatoms. The van der Waals surface area contributed by atoms with Gasteiger partial charge in [0, 0.05) is 24.7 Å². The van der Waals surface area contributed by atoms with Crippen molar-refractivity contribution in [3.63, 3.8) is 0 Å². The molecule has 2 rings (SSSR count). The summed E-state index contributed by atoms with van der Waals surface area (Å²) >= 11 is 0. The lowest BCUT2D eigenvalue weighted by Gasteiger charge is -2.26. The van der Waals surface area contributed by atoms with Gasteiger partial charge in [0.05, 0.1) is 6.04 Å². The standard InChI is InChI=1S/C12H14N2O3/c1-13-12(17)9-6-14(7-11(15)16)10-5-3-2-4-8(9)10/h2-6,8,10H,7H2,1H3,(H,13,17)(H,15,16). The van der Waals surface area contributed by atoms with E-state index in [-0.39, 0.29) is 24.4 Å². The van der Waals surface area contributed by atoms with Gasteiger partial charge in [-0.25, -0.2) is 0 Å². The predicted molar refractivity (Wildman–Crippen MR) is 62.0 cm³/mol. The SMILES string of the molecule is CNC(=O)C1=CN(CC(=O)O)C2C=CC=CC12. The number of carbonyl (C=O) groups is 2. The van der Waals surface area contributed by atoms with E-state index in [1.807, 2.05) is 24.3 Å². The van der Waals surface area contributed by atoms with Crippen molar-refractivity contribution < 1.29 is 14.7 Å². The topological polar surface area (TPSA) is 69.6 Å². The molecule has 5 nitrogen and oxygen atoms in total. The lowest BCUT2D eigenvalue weighted by molar-refractivity contribution is -0.137. The maximum absolute atomic E-state index is 11.7. The minimum Gasteiger partial charge on any atom is -0.480 e. The highest BCUT2D eigenvalue weighted by atomic mass is 16.4. The third kappa shape index (κ3) is 2.08. The van der Waals surface area contributed by atoms with Crippen LogP contribution in [0.3, 0.4) is 0 Å². The molecule has 90 valence electrons. The molecule has 0 saturated heterocycles. The normalized spacial score (nSPS) is 25.5. The van der Waals surface area contributed by atoms with Crippen LogP contribution in [-0.2, 0) is 9.59 Å². The molecule has 0 aromatic carbocycles. The van der Waals surface area contributed by atoms with Crippen molar-refractivity contribution in [2.45, 2.75) is 6.04 Å². The molecule has 1 aliphatic heterocycles. The van der Waals surface area contributed by atoms with E-state index in [2.05, 4.69) is 5.32 Å². The maximum atomic E-state index is 11.7. The van der Waals surface area contributed by atoms with E-state index in [1.54, 1.807) is 18.1 Å². The third-order valence-corrected chi connectivity index (χ3v) is 2.96. The number of amides is 1. The number of fused-ring (bicyclic) bond motifs is 1. The van der Waals surface area contributed by atoms with Crippen molar-refractivity contribution in [3.05, 3.63) is 36.1 Å². The van der Waals surface area contributed by atoms with Crippen molar-refractivity contribution in [3.8, 4) is 0 Å². The number of carboxylic acids is 1. The molecular formula is C12H14N2O3. The van der Waals surface area contributed by atoms with Gasteiger partial charge < -0.3 is 15.3 Å². The zero-order valence-electron chi connectivity index (χ0n) is 9.46. The molecule has 1 amide bonds. The van der Waals surface area contributed by atoms with Crippen molar-refractivity contribution >= 4 is 11.9 Å². The summed E-state index contributed by atoms with van der Waals surface area (Å²) in [5.74, 6) is -1.12. The highest BCUT2D eigenvalue weighted by Crippen LogP contribution is 2.32. The highest BCUT2D eigenvalue weighted by molar-refractivity contribution is 5.95. The largest absolute Gasteiger partial charge is 0.480 e. The number of aliphatic carboxylic acids is 1. The van der Waals surface area contributed by atoms with Crippen LogP contribution in [0.4, 0.5) is 0 Å². The Labute approximate surface area is 99.1 Å². The Morgan fingerprint density at radius 3 is 2.76 bits per heavy atom. The van der Waals surface area contributed by atoms with E-state index in [9.17, 15) is 9.59 Å². The molecule has 0 saturated carbocycles. The molecule has 1 heterocycles. The van der Waals surface area contributed by atoms with E-state index in [0.717, 1.165) is 0 Å². The zero-order chi connectivity index (χ0) is 12.4. The second kappa shape index (κ2) is 4.45. The molecule has 0 spiro atoms. The predicted octanol–water partition coefficient (Wildman–Crippen LogP) is 0.127. The van der Waals surface area contributed by atoms with Crippen molar-refractivity contribution in [2.24, 2.45) is 5.92 Å². The fraction of sp³-hybridized carbons (Fsp3) is 0.333. The van der Waals surface area contributed by atoms with Crippen LogP contribution in [0.25, 0.3) is 0 Å². The monoisotopic (exact) mass is 234 g/mol. The van der Waals surface area contributed by atoms with E-state index < -0.39 is 5.97 Å². The van der Waals surface area contributed by atoms with Crippen molar-refractivity contribution in [1.82, 2.24) is 10.2 Å². The second-order valence-corrected chi connectivity index (χ2v) is 4.02. The minimum absolute atomic E-state index is 0.0562. The van der Waals surface area contributed by atoms with Gasteiger partial charge in [0.25, 0.3) is 0 Å². The van der Waals surface area contributed by atoms with Crippen LogP contribution in [0.2, 0.25) is 0 Å². The quantitative estimate of drug-likeness (QED) is 0.728. The number of carbonyl (C=O) groups excluding carboxylic acids is 1. The molecule has 2 atom stereocenters. The Balaban J connectivity index is 2.26. The van der Waals surface area contributed by atoms with Gasteiger partial charge in [-0.3, -0.25) is 9.59 Å². The van der Waals surface area contributed by atoms with Crippen molar-refractivity contribution in [2.75, 3.05) is 13.6 Å². The van der Waals surface area contributed by atoms with Crippen LogP contribution in [0.15, 0.2) is 36.1 Å². The molecule has 0 radical (unpaired) electrons. The van der Waals surface area contributed by atoms with Crippen LogP contribution in [0, 0.1) is 5.92 Å². The first-order valence-corrected chi connectivity index (χ1v) is 5.40. The summed E-state index contributed by atoms with van der Waals surface area (Å²) in [4.78, 5) is 24.1. The van der Waals surface area contributed by atoms with E-state index in [1.165, 1.54) is 0 Å². The van der Waals surface area contributed by atoms with Crippen LogP contribution >= 0.6 is 0 Å². The van der Waals surface area contributed by atoms with Crippen LogP contribution in [0.5, 0.6) is 0 Å². The van der Waals surface area contributed by atoms with Gasteiger partial charge in [-0.1, -0.05) is 24.3 Å². The number of rotatable bonds is 3. The molecule has 0 bridgehead atoms. The summed E-state index contributed by atoms with van der Waals surface area (Å²) in [6, 6.07) is -0.0663. The lowest BCUT2D eigenvalue weighted by atomic mass is 9.90. The molecule has 1 aliphatic carbocycles. The van der Waals surface area contributed by atoms with Crippen LogP contribution in [-0.4, -0.2) is 41.5 Å². The van der Waals surface area contributed by atoms with Crippen LogP contribution in [0.1, 0.15) is 0 Å². The molecule has 0 aromatic heterocycles. The van der Waals surface area contributed by atoms with Gasteiger partial charge in [0.2, 0.25) is 5.91 Å². The summed E-state index contributed by atoms with van der Waals surface area (Å²) < 4.78 is 0. The molecule has 2 aliphatic rings. The lowest BCUT2D eigenvalue weighted by Crippen LogP contribution is -2.35. The average Bonchev–Trinajstić information content (AvgIpc) is 2.67. The number of allylic oxidation sites excluding steroid dienone is 2. The van der Waals surface area contributed by atoms with E-state index >= 15 is 0 Å². The Morgan fingerprint density at radius 1 is 1.41 bits per heavy atom. The zero-order valence-corrected chi connectivity index (χ0v) is 9.46. The molecule has 17 heavy (non-hydrogen) atoms. The second-order valence-electron chi connectivity index (χ2n) is 4.02. The van der Waals surface area contributed by atoms with E-state index in [4.69, 9.17) is 5.11 Å². The van der Waals surface area contributed by atoms with Gasteiger partial charge in [0.1, 0.15) is 6.54 Å². The summed E-state index contributed by atoms with van der Waals surface area (Å²) in [6.07, 6.45) is 9.23. The molecule has 0 fully saturated rings. The molecule has 2 unspecified atom stereocenters. The third-order valence-electron chi connectivity index (χ3n) is 2.96. The minimum atomic E-state index is -0.902. The summed E-state index contributed by atoms with van der Waals surface area (Å²) in [5.41, 5.74) is 0.611. The van der Waals surface area contributed by atoms with Crippen LogP contribution < -0.4 is 5.32 Å². The number of nitrogens with zero attached hydrogens (tertiary/aromatic N) is 1. The Morgan fingerprint density at radius 2 is 2.12 bits per heavy atom. The van der Waals surface area contributed by atoms with Gasteiger partial charge >= 0.3 is 5.97 Å². The maximum Gasteiger partial charge on any atom is 0.323 e. The fourth-order valence-corrected chi connectivity index (χ4v) is 2.21. The van der Waals surface area contributed by atoms with E-state index in [0.29, 0.717) is 5.57 Å². The van der Waals surface area contributed by atoms with Gasteiger partial charge in [-0.05, 0) is 0 Å². The number of nitrogens with one attached hydrogen (secondary N) is 1. The average molecular weight is 234 g/mol. The first kappa shape index (κ1) is 11.4. The Bertz CT molecular complexity index is 437. The molecular weight excluding hydrogens is 220 g/mol. The number of carboxylic acid groups (broad SMARTS) is 1. The smallest absolute Gasteiger partial charge is 0.323 e.